The Hall–Kier alpha value is -1.21. The fourth-order valence-electron chi connectivity index (χ4n) is 2.12. The van der Waals surface area contributed by atoms with Crippen LogP contribution in [0.1, 0.15) is 27.1 Å². The molecule has 114 valence electrons. The Labute approximate surface area is 130 Å². The lowest BCUT2D eigenvalue weighted by Gasteiger charge is -2.13. The second kappa shape index (κ2) is 6.27. The summed E-state index contributed by atoms with van der Waals surface area (Å²) in [6, 6.07) is 5.57. The average molecular weight is 324 g/mol. The van der Waals surface area contributed by atoms with Gasteiger partial charge in [-0.15, -0.1) is 11.3 Å². The maximum Gasteiger partial charge on any atom is 0.241 e. The van der Waals surface area contributed by atoms with Gasteiger partial charge in [-0.05, 0) is 60.5 Å². The van der Waals surface area contributed by atoms with E-state index < -0.39 is 10.0 Å². The molecule has 1 aromatic carbocycles. The molecular formula is C15H20N2O2S2. The van der Waals surface area contributed by atoms with E-state index >= 15 is 0 Å². The highest BCUT2D eigenvalue weighted by Gasteiger charge is 2.19. The maximum atomic E-state index is 12.5. The quantitative estimate of drug-likeness (QED) is 0.888. The molecular weight excluding hydrogens is 304 g/mol. The lowest BCUT2D eigenvalue weighted by Crippen LogP contribution is -2.24. The van der Waals surface area contributed by atoms with Crippen LogP contribution in [0.4, 0.5) is 0 Å². The summed E-state index contributed by atoms with van der Waals surface area (Å²) in [5, 5.41) is 1.96. The van der Waals surface area contributed by atoms with Crippen molar-refractivity contribution in [3.8, 4) is 0 Å². The fourth-order valence-corrected chi connectivity index (χ4v) is 4.42. The van der Waals surface area contributed by atoms with Gasteiger partial charge in [-0.2, -0.15) is 0 Å². The summed E-state index contributed by atoms with van der Waals surface area (Å²) in [6.07, 6.45) is 0. The van der Waals surface area contributed by atoms with Crippen molar-refractivity contribution in [2.24, 2.45) is 5.73 Å². The smallest absolute Gasteiger partial charge is 0.241 e. The van der Waals surface area contributed by atoms with Gasteiger partial charge in [0.1, 0.15) is 0 Å². The molecule has 0 aliphatic rings. The van der Waals surface area contributed by atoms with Gasteiger partial charge in [0.2, 0.25) is 10.0 Å². The first kappa shape index (κ1) is 16.2. The minimum Gasteiger partial charge on any atom is -0.326 e. The summed E-state index contributed by atoms with van der Waals surface area (Å²) in [4.78, 5) is 1.35. The van der Waals surface area contributed by atoms with Crippen LogP contribution in [0.3, 0.4) is 0 Å². The lowest BCUT2D eigenvalue weighted by atomic mass is 10.1. The van der Waals surface area contributed by atoms with Crippen LogP contribution in [0.2, 0.25) is 0 Å². The van der Waals surface area contributed by atoms with E-state index in [2.05, 4.69) is 4.72 Å². The molecule has 21 heavy (non-hydrogen) atoms. The maximum absolute atomic E-state index is 12.5. The number of nitrogens with one attached hydrogen (secondary N) is 1. The van der Waals surface area contributed by atoms with Crippen molar-refractivity contribution in [1.82, 2.24) is 4.72 Å². The van der Waals surface area contributed by atoms with Crippen LogP contribution in [0, 0.1) is 20.8 Å². The number of rotatable bonds is 5. The van der Waals surface area contributed by atoms with Crippen LogP contribution in [0.5, 0.6) is 0 Å². The lowest BCUT2D eigenvalue weighted by molar-refractivity contribution is 0.580. The number of aryl methyl sites for hydroxylation is 2. The fraction of sp³-hybridized carbons (Fsp3) is 0.333. The molecule has 0 atom stereocenters. The summed E-state index contributed by atoms with van der Waals surface area (Å²) in [7, 11) is -3.54. The number of hydrogen-bond acceptors (Lipinski definition) is 4. The molecule has 2 rings (SSSR count). The molecule has 0 spiro atoms. The molecule has 6 heteroatoms. The molecule has 0 aliphatic heterocycles. The Balaban J connectivity index is 2.31. The Bertz CT molecular complexity index is 749. The first-order chi connectivity index (χ1) is 9.85. The summed E-state index contributed by atoms with van der Waals surface area (Å²) < 4.78 is 27.7. The largest absolute Gasteiger partial charge is 0.326 e. The van der Waals surface area contributed by atoms with Crippen LogP contribution in [0.25, 0.3) is 0 Å². The molecule has 3 N–H and O–H groups in total. The SMILES string of the molecule is Cc1ccsc1CNS(=O)(=O)c1cc(CN)cc(C)c1C. The van der Waals surface area contributed by atoms with Gasteiger partial charge in [-0.1, -0.05) is 6.07 Å². The van der Waals surface area contributed by atoms with E-state index in [9.17, 15) is 8.42 Å². The average Bonchev–Trinajstić information content (AvgIpc) is 2.84. The van der Waals surface area contributed by atoms with E-state index in [4.69, 9.17) is 5.73 Å². The van der Waals surface area contributed by atoms with Crippen LogP contribution in [-0.4, -0.2) is 8.42 Å². The van der Waals surface area contributed by atoms with Crippen molar-refractivity contribution in [1.29, 1.82) is 0 Å². The van der Waals surface area contributed by atoms with E-state index in [1.54, 1.807) is 17.4 Å². The summed E-state index contributed by atoms with van der Waals surface area (Å²) in [5.41, 5.74) is 9.27. The van der Waals surface area contributed by atoms with Crippen molar-refractivity contribution >= 4 is 21.4 Å². The Morgan fingerprint density at radius 2 is 1.90 bits per heavy atom. The first-order valence-corrected chi connectivity index (χ1v) is 9.04. The Morgan fingerprint density at radius 1 is 1.19 bits per heavy atom. The monoisotopic (exact) mass is 324 g/mol. The molecule has 0 saturated carbocycles. The summed E-state index contributed by atoms with van der Waals surface area (Å²) in [5.74, 6) is 0. The molecule has 0 radical (unpaired) electrons. The molecule has 1 aromatic heterocycles. The van der Waals surface area contributed by atoms with Gasteiger partial charge >= 0.3 is 0 Å². The highest BCUT2D eigenvalue weighted by molar-refractivity contribution is 7.89. The molecule has 0 aliphatic carbocycles. The molecule has 2 aromatic rings. The number of benzene rings is 1. The van der Waals surface area contributed by atoms with Crippen molar-refractivity contribution < 1.29 is 8.42 Å². The molecule has 1 heterocycles. The van der Waals surface area contributed by atoms with Crippen LogP contribution in [0.15, 0.2) is 28.5 Å². The molecule has 0 saturated heterocycles. The minimum atomic E-state index is -3.54. The summed E-state index contributed by atoms with van der Waals surface area (Å²) in [6.45, 7) is 6.34. The van der Waals surface area contributed by atoms with E-state index in [1.807, 2.05) is 38.3 Å². The summed E-state index contributed by atoms with van der Waals surface area (Å²) >= 11 is 1.55. The van der Waals surface area contributed by atoms with Gasteiger partial charge in [0.15, 0.2) is 0 Å². The topological polar surface area (TPSA) is 72.2 Å². The predicted molar refractivity (Wildman–Crippen MR) is 86.9 cm³/mol. The Kier molecular flexibility index (Phi) is 4.83. The second-order valence-electron chi connectivity index (χ2n) is 5.09. The van der Waals surface area contributed by atoms with Crippen LogP contribution >= 0.6 is 11.3 Å². The number of thiophene rings is 1. The molecule has 0 bridgehead atoms. The van der Waals surface area contributed by atoms with Gasteiger partial charge in [0.05, 0.1) is 4.90 Å². The van der Waals surface area contributed by atoms with Gasteiger partial charge in [0.25, 0.3) is 0 Å². The van der Waals surface area contributed by atoms with Crippen molar-refractivity contribution in [3.05, 3.63) is 50.7 Å². The normalized spacial score (nSPS) is 11.8. The number of hydrogen-bond donors (Lipinski definition) is 2. The minimum absolute atomic E-state index is 0.317. The van der Waals surface area contributed by atoms with Crippen molar-refractivity contribution in [2.45, 2.75) is 38.8 Å². The van der Waals surface area contributed by atoms with Gasteiger partial charge in [-0.3, -0.25) is 0 Å². The van der Waals surface area contributed by atoms with Gasteiger partial charge in [0, 0.05) is 18.0 Å². The van der Waals surface area contributed by atoms with Crippen LogP contribution in [-0.2, 0) is 23.1 Å². The first-order valence-electron chi connectivity index (χ1n) is 6.68. The highest BCUT2D eigenvalue weighted by atomic mass is 32.2. The number of sulfonamides is 1. The van der Waals surface area contributed by atoms with Gasteiger partial charge < -0.3 is 5.73 Å². The zero-order valence-corrected chi connectivity index (χ0v) is 14.1. The van der Waals surface area contributed by atoms with E-state index in [0.717, 1.165) is 27.1 Å². The third-order valence-electron chi connectivity index (χ3n) is 3.60. The van der Waals surface area contributed by atoms with E-state index in [0.29, 0.717) is 18.0 Å². The zero-order chi connectivity index (χ0) is 15.6. The van der Waals surface area contributed by atoms with Gasteiger partial charge in [-0.25, -0.2) is 13.1 Å². The molecule has 0 fully saturated rings. The molecule has 0 unspecified atom stereocenters. The third kappa shape index (κ3) is 3.52. The standard InChI is InChI=1S/C15H20N2O2S2/c1-10-4-5-20-14(10)9-17-21(18,19)15-7-13(8-16)6-11(2)12(15)3/h4-7,17H,8-9,16H2,1-3H3. The van der Waals surface area contributed by atoms with Crippen LogP contribution < -0.4 is 10.5 Å². The molecule has 4 nitrogen and oxygen atoms in total. The molecule has 0 amide bonds. The van der Waals surface area contributed by atoms with E-state index in [1.165, 1.54) is 0 Å². The van der Waals surface area contributed by atoms with E-state index in [-0.39, 0.29) is 0 Å². The second-order valence-corrected chi connectivity index (χ2v) is 7.83. The highest BCUT2D eigenvalue weighted by Crippen LogP contribution is 2.22. The Morgan fingerprint density at radius 3 is 2.48 bits per heavy atom. The number of nitrogens with two attached hydrogens (primary N) is 1. The van der Waals surface area contributed by atoms with Crippen molar-refractivity contribution in [3.63, 3.8) is 0 Å². The third-order valence-corrected chi connectivity index (χ3v) is 6.15. The zero-order valence-electron chi connectivity index (χ0n) is 12.4. The predicted octanol–water partition coefficient (Wildman–Crippen LogP) is 2.61. The van der Waals surface area contributed by atoms with Crippen molar-refractivity contribution in [2.75, 3.05) is 0 Å².